The third-order valence-corrected chi connectivity index (χ3v) is 4.12. The first-order chi connectivity index (χ1) is 12.1. The van der Waals surface area contributed by atoms with Crippen LogP contribution in [0.15, 0.2) is 42.6 Å². The molecule has 0 saturated heterocycles. The zero-order chi connectivity index (χ0) is 17.8. The van der Waals surface area contributed by atoms with E-state index < -0.39 is 0 Å². The molecule has 0 atom stereocenters. The number of benzene rings is 2. The van der Waals surface area contributed by atoms with E-state index in [1.807, 2.05) is 31.2 Å². The van der Waals surface area contributed by atoms with E-state index in [1.165, 1.54) is 18.3 Å². The van der Waals surface area contributed by atoms with Gasteiger partial charge in [0.15, 0.2) is 0 Å². The van der Waals surface area contributed by atoms with Gasteiger partial charge in [-0.3, -0.25) is 4.98 Å². The standard InChI is InChI=1S/C20H18FN3O/c1-13-7-17(21)8-18-19(13)23-11-16(9-22)20(18)24-10-14-5-3-4-6-15(14)12-25-2/h3-8,11H,10,12H2,1-2H3,(H,23,24). The number of aromatic nitrogens is 1. The summed E-state index contributed by atoms with van der Waals surface area (Å²) in [6, 6.07) is 12.9. The van der Waals surface area contributed by atoms with Crippen LogP contribution in [0.5, 0.6) is 0 Å². The summed E-state index contributed by atoms with van der Waals surface area (Å²) in [5.41, 5.74) is 4.54. The van der Waals surface area contributed by atoms with E-state index >= 15 is 0 Å². The zero-order valence-electron chi connectivity index (χ0n) is 14.1. The zero-order valence-corrected chi connectivity index (χ0v) is 14.1. The molecule has 0 aliphatic heterocycles. The number of rotatable bonds is 5. The first-order valence-electron chi connectivity index (χ1n) is 7.92. The van der Waals surface area contributed by atoms with E-state index in [0.717, 1.165) is 16.7 Å². The number of hydrogen-bond donors (Lipinski definition) is 1. The third kappa shape index (κ3) is 3.44. The number of anilines is 1. The van der Waals surface area contributed by atoms with E-state index in [4.69, 9.17) is 4.74 Å². The van der Waals surface area contributed by atoms with Gasteiger partial charge in [-0.25, -0.2) is 4.39 Å². The molecule has 0 fully saturated rings. The molecule has 3 aromatic rings. The van der Waals surface area contributed by atoms with Crippen molar-refractivity contribution in [2.24, 2.45) is 0 Å². The number of aryl methyl sites for hydroxylation is 1. The van der Waals surface area contributed by atoms with Crippen molar-refractivity contribution in [1.82, 2.24) is 4.98 Å². The summed E-state index contributed by atoms with van der Waals surface area (Å²) in [7, 11) is 1.65. The molecule has 25 heavy (non-hydrogen) atoms. The van der Waals surface area contributed by atoms with Crippen LogP contribution in [0.2, 0.25) is 0 Å². The molecule has 4 nitrogen and oxygen atoms in total. The Labute approximate surface area is 145 Å². The van der Waals surface area contributed by atoms with Crippen molar-refractivity contribution in [3.63, 3.8) is 0 Å². The Bertz CT molecular complexity index is 963. The highest BCUT2D eigenvalue weighted by atomic mass is 19.1. The Morgan fingerprint density at radius 3 is 2.72 bits per heavy atom. The number of methoxy groups -OCH3 is 1. The maximum Gasteiger partial charge on any atom is 0.124 e. The highest BCUT2D eigenvalue weighted by molar-refractivity contribution is 5.95. The summed E-state index contributed by atoms with van der Waals surface area (Å²) in [6.45, 7) is 2.82. The van der Waals surface area contributed by atoms with Gasteiger partial charge in [0, 0.05) is 25.2 Å². The molecular formula is C20H18FN3O. The average Bonchev–Trinajstić information content (AvgIpc) is 2.61. The highest BCUT2D eigenvalue weighted by Gasteiger charge is 2.12. The van der Waals surface area contributed by atoms with Gasteiger partial charge in [0.2, 0.25) is 0 Å². The molecular weight excluding hydrogens is 317 g/mol. The van der Waals surface area contributed by atoms with Gasteiger partial charge in [0.1, 0.15) is 11.9 Å². The first kappa shape index (κ1) is 16.9. The van der Waals surface area contributed by atoms with Gasteiger partial charge < -0.3 is 10.1 Å². The topological polar surface area (TPSA) is 57.9 Å². The number of nitrogens with zero attached hydrogens (tertiary/aromatic N) is 2. The smallest absolute Gasteiger partial charge is 0.124 e. The lowest BCUT2D eigenvalue weighted by Crippen LogP contribution is -2.06. The molecule has 0 spiro atoms. The number of hydrogen-bond acceptors (Lipinski definition) is 4. The van der Waals surface area contributed by atoms with Crippen LogP contribution in [0.25, 0.3) is 10.9 Å². The van der Waals surface area contributed by atoms with Crippen LogP contribution in [0, 0.1) is 24.1 Å². The lowest BCUT2D eigenvalue weighted by atomic mass is 10.0. The van der Waals surface area contributed by atoms with Crippen molar-refractivity contribution < 1.29 is 9.13 Å². The number of fused-ring (bicyclic) bond motifs is 1. The fraction of sp³-hybridized carbons (Fsp3) is 0.200. The molecule has 0 unspecified atom stereocenters. The summed E-state index contributed by atoms with van der Waals surface area (Å²) in [4.78, 5) is 4.31. The second-order valence-corrected chi connectivity index (χ2v) is 5.83. The molecule has 0 amide bonds. The SMILES string of the molecule is COCc1ccccc1CNc1c(C#N)cnc2c(C)cc(F)cc12. The highest BCUT2D eigenvalue weighted by Crippen LogP contribution is 2.29. The van der Waals surface area contributed by atoms with E-state index in [9.17, 15) is 9.65 Å². The maximum atomic E-state index is 13.9. The summed E-state index contributed by atoms with van der Waals surface area (Å²) in [5.74, 6) is -0.343. The third-order valence-electron chi connectivity index (χ3n) is 4.12. The lowest BCUT2D eigenvalue weighted by molar-refractivity contribution is 0.184. The van der Waals surface area contributed by atoms with Crippen LogP contribution in [-0.4, -0.2) is 12.1 Å². The minimum Gasteiger partial charge on any atom is -0.380 e. The number of ether oxygens (including phenoxy) is 1. The van der Waals surface area contributed by atoms with Crippen LogP contribution in [0.1, 0.15) is 22.3 Å². The molecule has 1 N–H and O–H groups in total. The van der Waals surface area contributed by atoms with Crippen molar-refractivity contribution in [2.75, 3.05) is 12.4 Å². The van der Waals surface area contributed by atoms with E-state index in [-0.39, 0.29) is 5.82 Å². The minimum absolute atomic E-state index is 0.343. The molecule has 0 radical (unpaired) electrons. The monoisotopic (exact) mass is 335 g/mol. The van der Waals surface area contributed by atoms with Gasteiger partial charge >= 0.3 is 0 Å². The molecule has 2 aromatic carbocycles. The molecule has 0 aliphatic carbocycles. The fourth-order valence-electron chi connectivity index (χ4n) is 2.92. The Kier molecular flexibility index (Phi) is 4.92. The maximum absolute atomic E-state index is 13.9. The Morgan fingerprint density at radius 2 is 2.00 bits per heavy atom. The van der Waals surface area contributed by atoms with E-state index in [1.54, 1.807) is 7.11 Å². The van der Waals surface area contributed by atoms with Crippen LogP contribution >= 0.6 is 0 Å². The van der Waals surface area contributed by atoms with Crippen LogP contribution in [-0.2, 0) is 17.9 Å². The van der Waals surface area contributed by atoms with Crippen LogP contribution < -0.4 is 5.32 Å². The second-order valence-electron chi connectivity index (χ2n) is 5.83. The number of nitrogens with one attached hydrogen (secondary N) is 1. The molecule has 0 bridgehead atoms. The van der Waals surface area contributed by atoms with Crippen molar-refractivity contribution in [3.8, 4) is 6.07 Å². The number of halogens is 1. The first-order valence-corrected chi connectivity index (χ1v) is 7.92. The summed E-state index contributed by atoms with van der Waals surface area (Å²) in [6.07, 6.45) is 1.52. The number of nitriles is 1. The van der Waals surface area contributed by atoms with Crippen molar-refractivity contribution in [2.45, 2.75) is 20.1 Å². The summed E-state index contributed by atoms with van der Waals surface area (Å²) >= 11 is 0. The molecule has 5 heteroatoms. The molecule has 126 valence electrons. The summed E-state index contributed by atoms with van der Waals surface area (Å²) < 4.78 is 19.1. The fourth-order valence-corrected chi connectivity index (χ4v) is 2.92. The van der Waals surface area contributed by atoms with E-state index in [0.29, 0.717) is 35.3 Å². The van der Waals surface area contributed by atoms with E-state index in [2.05, 4.69) is 16.4 Å². The quantitative estimate of drug-likeness (QED) is 0.755. The minimum atomic E-state index is -0.343. The molecule has 0 aliphatic rings. The van der Waals surface area contributed by atoms with Crippen LogP contribution in [0.3, 0.4) is 0 Å². The van der Waals surface area contributed by atoms with Gasteiger partial charge in [0.25, 0.3) is 0 Å². The van der Waals surface area contributed by atoms with Crippen molar-refractivity contribution in [3.05, 3.63) is 70.7 Å². The Morgan fingerprint density at radius 1 is 1.24 bits per heavy atom. The predicted molar refractivity (Wildman–Crippen MR) is 95.6 cm³/mol. The van der Waals surface area contributed by atoms with Gasteiger partial charge in [-0.15, -0.1) is 0 Å². The van der Waals surface area contributed by atoms with Crippen molar-refractivity contribution >= 4 is 16.6 Å². The Balaban J connectivity index is 2.03. The number of pyridine rings is 1. The van der Waals surface area contributed by atoms with Gasteiger partial charge in [0.05, 0.1) is 23.4 Å². The molecule has 3 rings (SSSR count). The molecule has 1 aromatic heterocycles. The van der Waals surface area contributed by atoms with Gasteiger partial charge in [-0.05, 0) is 35.7 Å². The van der Waals surface area contributed by atoms with Crippen molar-refractivity contribution in [1.29, 1.82) is 5.26 Å². The van der Waals surface area contributed by atoms with Gasteiger partial charge in [-0.1, -0.05) is 24.3 Å². The van der Waals surface area contributed by atoms with Gasteiger partial charge in [-0.2, -0.15) is 5.26 Å². The predicted octanol–water partition coefficient (Wildman–Crippen LogP) is 4.31. The molecule has 0 saturated carbocycles. The largest absolute Gasteiger partial charge is 0.380 e. The molecule has 1 heterocycles. The second kappa shape index (κ2) is 7.29. The summed E-state index contributed by atoms with van der Waals surface area (Å²) in [5, 5.41) is 13.3. The normalized spacial score (nSPS) is 10.6. The Hall–Kier alpha value is -2.97. The lowest BCUT2D eigenvalue weighted by Gasteiger charge is -2.14. The van der Waals surface area contributed by atoms with Crippen LogP contribution in [0.4, 0.5) is 10.1 Å². The average molecular weight is 335 g/mol.